The molecule has 1 saturated carbocycles. The number of hydrogen-bond acceptors (Lipinski definition) is 4. The molecule has 4 heteroatoms. The van der Waals surface area contributed by atoms with Crippen molar-refractivity contribution < 1.29 is 0 Å². The molecule has 0 saturated heterocycles. The van der Waals surface area contributed by atoms with Gasteiger partial charge in [-0.25, -0.2) is 0 Å². The molecule has 0 radical (unpaired) electrons. The van der Waals surface area contributed by atoms with E-state index in [0.29, 0.717) is 0 Å². The minimum absolute atomic E-state index is 0.414. The molecule has 2 atom stereocenters. The minimum Gasteiger partial charge on any atom is -0.196 e. The van der Waals surface area contributed by atoms with Crippen LogP contribution in [0.2, 0.25) is 0 Å². The van der Waals surface area contributed by atoms with E-state index in [1.165, 1.54) is 0 Å². The molecule has 22 heavy (non-hydrogen) atoms. The summed E-state index contributed by atoms with van der Waals surface area (Å²) in [6.45, 7) is 0. The highest BCUT2D eigenvalue weighted by Crippen LogP contribution is 2.75. The van der Waals surface area contributed by atoms with Gasteiger partial charge in [-0.1, -0.05) is 36.4 Å². The first-order chi connectivity index (χ1) is 10.7. The van der Waals surface area contributed by atoms with Crippen LogP contribution >= 0.6 is 0 Å². The normalized spacial score (nSPS) is 24.9. The fourth-order valence-corrected chi connectivity index (χ4v) is 4.32. The number of nitrogens with zero attached hydrogens (tertiary/aromatic N) is 4. The predicted octanol–water partition coefficient (Wildman–Crippen LogP) is 3.10. The van der Waals surface area contributed by atoms with Gasteiger partial charge in [0.15, 0.2) is 10.8 Å². The third-order valence-electron chi connectivity index (χ3n) is 5.23. The van der Waals surface area contributed by atoms with Gasteiger partial charge in [0, 0.05) is 11.8 Å². The Labute approximate surface area is 127 Å². The Morgan fingerprint density at radius 2 is 1.09 bits per heavy atom. The van der Waals surface area contributed by atoms with Gasteiger partial charge in [0.05, 0.1) is 24.3 Å². The molecule has 4 nitrogen and oxygen atoms in total. The van der Waals surface area contributed by atoms with Gasteiger partial charge >= 0.3 is 0 Å². The fraction of sp³-hybridized carbons (Fsp3) is 0.222. The highest BCUT2D eigenvalue weighted by Gasteiger charge is 2.78. The van der Waals surface area contributed by atoms with Crippen molar-refractivity contribution in [3.05, 3.63) is 47.5 Å². The maximum atomic E-state index is 9.64. The lowest BCUT2D eigenvalue weighted by molar-refractivity contribution is 0.0601. The number of benzene rings is 2. The van der Waals surface area contributed by atoms with Gasteiger partial charge in [-0.3, -0.25) is 0 Å². The summed E-state index contributed by atoms with van der Waals surface area (Å²) in [6.07, 6.45) is 0. The van der Waals surface area contributed by atoms with Crippen LogP contribution in [0.1, 0.15) is 23.0 Å². The molecular formula is C18H8N4. The first-order valence-corrected chi connectivity index (χ1v) is 6.87. The molecule has 2 aromatic rings. The maximum Gasteiger partial charge on any atom is 0.183 e. The Bertz CT molecular complexity index is 900. The first-order valence-electron chi connectivity index (χ1n) is 6.87. The van der Waals surface area contributed by atoms with Crippen LogP contribution in [0.3, 0.4) is 0 Å². The lowest BCUT2D eigenvalue weighted by atomic mass is 9.39. The lowest BCUT2D eigenvalue weighted by Crippen LogP contribution is -2.58. The van der Waals surface area contributed by atoms with Gasteiger partial charge in [0.1, 0.15) is 0 Å². The van der Waals surface area contributed by atoms with E-state index in [-0.39, 0.29) is 0 Å². The summed E-state index contributed by atoms with van der Waals surface area (Å²) in [4.78, 5) is 0. The van der Waals surface area contributed by atoms with Crippen molar-refractivity contribution in [2.24, 2.45) is 10.8 Å². The molecular weight excluding hydrogens is 272 g/mol. The van der Waals surface area contributed by atoms with Gasteiger partial charge in [0.2, 0.25) is 0 Å². The van der Waals surface area contributed by atoms with E-state index >= 15 is 0 Å². The summed E-state index contributed by atoms with van der Waals surface area (Å²) in [5.41, 5.74) is -1.42. The fourth-order valence-electron chi connectivity index (χ4n) is 4.32. The quantitative estimate of drug-likeness (QED) is 0.740. The van der Waals surface area contributed by atoms with Crippen LogP contribution < -0.4 is 0 Å². The van der Waals surface area contributed by atoms with Crippen LogP contribution in [0.5, 0.6) is 0 Å². The number of fused-ring (bicyclic) bond motifs is 3. The van der Waals surface area contributed by atoms with Gasteiger partial charge in [-0.15, -0.1) is 0 Å². The standard InChI is InChI=1S/C18H8N4/c19-7-17(8-20)15-12-5-1-3-11-4-2-6-13(14(11)12)16(15)18(17,9-21)10-22/h1-6,15-16H/t15-,16+. The number of nitriles is 4. The van der Waals surface area contributed by atoms with Gasteiger partial charge < -0.3 is 0 Å². The van der Waals surface area contributed by atoms with Crippen molar-refractivity contribution in [1.29, 1.82) is 21.0 Å². The molecule has 0 amide bonds. The largest absolute Gasteiger partial charge is 0.196 e. The second-order valence-electron chi connectivity index (χ2n) is 5.81. The van der Waals surface area contributed by atoms with E-state index < -0.39 is 22.7 Å². The van der Waals surface area contributed by atoms with Gasteiger partial charge in [-0.2, -0.15) is 21.0 Å². The van der Waals surface area contributed by atoms with Crippen molar-refractivity contribution in [2.45, 2.75) is 11.8 Å². The SMILES string of the molecule is N#CC1(C#N)[C@@H]2c3cccc4cccc(c34)[C@@H]2C1(C#N)C#N. The first kappa shape index (κ1) is 12.4. The minimum atomic E-state index is -1.62. The molecule has 0 unspecified atom stereocenters. The highest BCUT2D eigenvalue weighted by atomic mass is 14.7. The topological polar surface area (TPSA) is 95.2 Å². The van der Waals surface area contributed by atoms with Crippen molar-refractivity contribution in [3.8, 4) is 24.3 Å². The molecule has 1 fully saturated rings. The van der Waals surface area contributed by atoms with E-state index in [1.807, 2.05) is 60.7 Å². The van der Waals surface area contributed by atoms with E-state index in [9.17, 15) is 21.0 Å². The monoisotopic (exact) mass is 280 g/mol. The molecule has 0 aliphatic heterocycles. The molecule has 0 bridgehead atoms. The second-order valence-corrected chi connectivity index (χ2v) is 5.81. The summed E-state index contributed by atoms with van der Waals surface area (Å²) in [5, 5.41) is 40.6. The van der Waals surface area contributed by atoms with E-state index in [4.69, 9.17) is 0 Å². The molecule has 0 N–H and O–H groups in total. The number of hydrogen-bond donors (Lipinski definition) is 0. The van der Waals surface area contributed by atoms with Gasteiger partial charge in [-0.05, 0) is 21.9 Å². The average Bonchev–Trinajstić information content (AvgIpc) is 2.86. The van der Waals surface area contributed by atoms with Crippen LogP contribution in [0.15, 0.2) is 36.4 Å². The number of rotatable bonds is 0. The summed E-state index contributed by atoms with van der Waals surface area (Å²) in [6, 6.07) is 19.5. The van der Waals surface area contributed by atoms with E-state index in [2.05, 4.69) is 0 Å². The average molecular weight is 280 g/mol. The van der Waals surface area contributed by atoms with Crippen LogP contribution in [-0.2, 0) is 0 Å². The molecule has 2 aliphatic carbocycles. The van der Waals surface area contributed by atoms with Crippen LogP contribution in [0, 0.1) is 56.2 Å². The molecule has 2 aromatic carbocycles. The molecule has 2 aliphatic rings. The third-order valence-corrected chi connectivity index (χ3v) is 5.23. The smallest absolute Gasteiger partial charge is 0.183 e. The molecule has 0 aromatic heterocycles. The van der Waals surface area contributed by atoms with Crippen molar-refractivity contribution >= 4 is 10.8 Å². The van der Waals surface area contributed by atoms with Crippen molar-refractivity contribution in [3.63, 3.8) is 0 Å². The Balaban J connectivity index is 2.14. The summed E-state index contributed by atoms with van der Waals surface area (Å²) >= 11 is 0. The molecule has 0 heterocycles. The van der Waals surface area contributed by atoms with E-state index in [1.54, 1.807) is 0 Å². The van der Waals surface area contributed by atoms with E-state index in [0.717, 1.165) is 21.9 Å². The Kier molecular flexibility index (Phi) is 2.06. The molecule has 4 rings (SSSR count). The zero-order valence-electron chi connectivity index (χ0n) is 11.4. The Morgan fingerprint density at radius 3 is 1.45 bits per heavy atom. The molecule has 0 spiro atoms. The summed E-state index contributed by atoms with van der Waals surface area (Å²) < 4.78 is 0. The lowest BCUT2D eigenvalue weighted by Gasteiger charge is -2.53. The highest BCUT2D eigenvalue weighted by molar-refractivity contribution is 5.94. The van der Waals surface area contributed by atoms with Crippen LogP contribution in [0.25, 0.3) is 10.8 Å². The van der Waals surface area contributed by atoms with Crippen LogP contribution in [-0.4, -0.2) is 0 Å². The van der Waals surface area contributed by atoms with Crippen molar-refractivity contribution in [1.82, 2.24) is 0 Å². The Morgan fingerprint density at radius 1 is 0.682 bits per heavy atom. The summed E-state index contributed by atoms with van der Waals surface area (Å²) in [7, 11) is 0. The maximum absolute atomic E-state index is 9.64. The predicted molar refractivity (Wildman–Crippen MR) is 76.7 cm³/mol. The van der Waals surface area contributed by atoms with Crippen molar-refractivity contribution in [2.75, 3.05) is 0 Å². The molecule has 100 valence electrons. The zero-order chi connectivity index (χ0) is 15.5. The Hall–Kier alpha value is -3.34. The third kappa shape index (κ3) is 0.948. The zero-order valence-corrected chi connectivity index (χ0v) is 11.4. The van der Waals surface area contributed by atoms with Crippen LogP contribution in [0.4, 0.5) is 0 Å². The van der Waals surface area contributed by atoms with Gasteiger partial charge in [0.25, 0.3) is 0 Å². The second kappa shape index (κ2) is 3.65. The summed E-state index contributed by atoms with van der Waals surface area (Å²) in [5.74, 6) is -0.828.